The van der Waals surface area contributed by atoms with E-state index in [2.05, 4.69) is 33.8 Å². The summed E-state index contributed by atoms with van der Waals surface area (Å²) in [6, 6.07) is 8.30. The number of rotatable bonds is 5. The summed E-state index contributed by atoms with van der Waals surface area (Å²) in [6.45, 7) is 12.4. The van der Waals surface area contributed by atoms with E-state index in [0.717, 1.165) is 100 Å². The number of hydrogen-bond acceptors (Lipinski definition) is 6. The van der Waals surface area contributed by atoms with Crippen LogP contribution in [0.3, 0.4) is 0 Å². The molecule has 2 saturated heterocycles. The molecule has 1 aromatic heterocycles. The van der Waals surface area contributed by atoms with Gasteiger partial charge in [0.2, 0.25) is 0 Å². The van der Waals surface area contributed by atoms with Crippen molar-refractivity contribution in [2.75, 3.05) is 70.5 Å². The molecule has 30 heavy (non-hydrogen) atoms. The number of ether oxygens (including phenoxy) is 1. The van der Waals surface area contributed by atoms with Crippen LogP contribution >= 0.6 is 0 Å². The zero-order chi connectivity index (χ0) is 20.5. The fraction of sp³-hybridized carbons (Fsp3) is 0.565. The third-order valence-electron chi connectivity index (χ3n) is 6.66. The first-order chi connectivity index (χ1) is 14.7. The molecule has 1 aromatic carbocycles. The molecule has 0 bridgehead atoms. The molecule has 0 spiro atoms. The zero-order valence-electron chi connectivity index (χ0n) is 17.8. The first-order valence-electron chi connectivity index (χ1n) is 11.2. The molecular formula is C23H31N5O2. The maximum atomic E-state index is 11.9. The summed E-state index contributed by atoms with van der Waals surface area (Å²) in [6.07, 6.45) is 1.49. The summed E-state index contributed by atoms with van der Waals surface area (Å²) in [7, 11) is 0. The average Bonchev–Trinajstić information content (AvgIpc) is 3.36. The molecule has 2 aromatic rings. The van der Waals surface area contributed by atoms with Gasteiger partial charge in [0.15, 0.2) is 11.6 Å². The lowest BCUT2D eigenvalue weighted by Gasteiger charge is -2.36. The molecule has 0 amide bonds. The van der Waals surface area contributed by atoms with Gasteiger partial charge in [-0.15, -0.1) is 0 Å². The van der Waals surface area contributed by atoms with Gasteiger partial charge in [-0.1, -0.05) is 0 Å². The Bertz CT molecular complexity index is 910. The number of morpholine rings is 1. The summed E-state index contributed by atoms with van der Waals surface area (Å²) in [5.74, 6) is 1.32. The van der Waals surface area contributed by atoms with E-state index in [1.54, 1.807) is 0 Å². The SMILES string of the molecule is Cc1cc(N2CCN(CCN3CCOCC3)CC2)nn1-c1ccc2c(c1)CCC2=O. The van der Waals surface area contributed by atoms with Crippen molar-refractivity contribution in [3.8, 4) is 5.69 Å². The molecule has 7 nitrogen and oxygen atoms in total. The lowest BCUT2D eigenvalue weighted by atomic mass is 10.1. The molecule has 1 aliphatic carbocycles. The van der Waals surface area contributed by atoms with Crippen LogP contribution in [0.4, 0.5) is 5.82 Å². The van der Waals surface area contributed by atoms with Crippen molar-refractivity contribution in [2.45, 2.75) is 19.8 Å². The fourth-order valence-electron chi connectivity index (χ4n) is 4.76. The highest BCUT2D eigenvalue weighted by Crippen LogP contribution is 2.26. The van der Waals surface area contributed by atoms with Crippen molar-refractivity contribution in [3.05, 3.63) is 41.1 Å². The molecule has 2 aliphatic heterocycles. The Kier molecular flexibility index (Phi) is 5.58. The number of anilines is 1. The lowest BCUT2D eigenvalue weighted by molar-refractivity contribution is 0.0331. The van der Waals surface area contributed by atoms with Crippen LogP contribution in [0.1, 0.15) is 28.0 Å². The largest absolute Gasteiger partial charge is 0.379 e. The van der Waals surface area contributed by atoms with Gasteiger partial charge in [0.05, 0.1) is 18.9 Å². The summed E-state index contributed by atoms with van der Waals surface area (Å²) < 4.78 is 7.46. The minimum Gasteiger partial charge on any atom is -0.379 e. The lowest BCUT2D eigenvalue weighted by Crippen LogP contribution is -2.49. The van der Waals surface area contributed by atoms with E-state index in [0.29, 0.717) is 6.42 Å². The highest BCUT2D eigenvalue weighted by atomic mass is 16.5. The smallest absolute Gasteiger partial charge is 0.163 e. The van der Waals surface area contributed by atoms with Crippen LogP contribution in [0.15, 0.2) is 24.3 Å². The van der Waals surface area contributed by atoms with Gasteiger partial charge in [-0.05, 0) is 37.1 Å². The zero-order valence-corrected chi connectivity index (χ0v) is 17.8. The molecular weight excluding hydrogens is 378 g/mol. The van der Waals surface area contributed by atoms with E-state index in [1.807, 2.05) is 16.8 Å². The van der Waals surface area contributed by atoms with Crippen LogP contribution < -0.4 is 4.90 Å². The molecule has 160 valence electrons. The highest BCUT2D eigenvalue weighted by Gasteiger charge is 2.23. The molecule has 0 saturated carbocycles. The van der Waals surface area contributed by atoms with Crippen molar-refractivity contribution < 1.29 is 9.53 Å². The molecule has 2 fully saturated rings. The molecule has 0 unspecified atom stereocenters. The Morgan fingerprint density at radius 1 is 0.933 bits per heavy atom. The first-order valence-corrected chi connectivity index (χ1v) is 11.2. The number of aryl methyl sites for hydroxylation is 2. The van der Waals surface area contributed by atoms with Gasteiger partial charge < -0.3 is 9.64 Å². The van der Waals surface area contributed by atoms with Crippen LogP contribution in [0, 0.1) is 6.92 Å². The second kappa shape index (κ2) is 8.49. The van der Waals surface area contributed by atoms with Crippen LogP contribution in [0.25, 0.3) is 5.69 Å². The van der Waals surface area contributed by atoms with Crippen molar-refractivity contribution in [1.82, 2.24) is 19.6 Å². The van der Waals surface area contributed by atoms with Crippen molar-refractivity contribution >= 4 is 11.6 Å². The number of hydrogen-bond donors (Lipinski definition) is 0. The molecule has 0 N–H and O–H groups in total. The molecule has 0 atom stereocenters. The molecule has 3 heterocycles. The van der Waals surface area contributed by atoms with Gasteiger partial charge in [0.25, 0.3) is 0 Å². The summed E-state index contributed by atoms with van der Waals surface area (Å²) in [5.41, 5.74) is 4.22. The predicted octanol–water partition coefficient (Wildman–Crippen LogP) is 1.76. The number of fused-ring (bicyclic) bond motifs is 1. The van der Waals surface area contributed by atoms with Crippen molar-refractivity contribution in [1.29, 1.82) is 0 Å². The number of piperazine rings is 1. The Balaban J connectivity index is 1.20. The number of aromatic nitrogens is 2. The average molecular weight is 410 g/mol. The van der Waals surface area contributed by atoms with Gasteiger partial charge in [-0.3, -0.25) is 14.6 Å². The van der Waals surface area contributed by atoms with Gasteiger partial charge >= 0.3 is 0 Å². The van der Waals surface area contributed by atoms with Crippen molar-refractivity contribution in [3.63, 3.8) is 0 Å². The van der Waals surface area contributed by atoms with E-state index in [-0.39, 0.29) is 5.78 Å². The maximum Gasteiger partial charge on any atom is 0.163 e. The Hall–Kier alpha value is -2.22. The highest BCUT2D eigenvalue weighted by molar-refractivity contribution is 6.00. The first kappa shape index (κ1) is 19.7. The molecule has 7 heteroatoms. The second-order valence-electron chi connectivity index (χ2n) is 8.60. The number of Topliss-reactive ketones (excluding diaryl/α,β-unsaturated/α-hetero) is 1. The van der Waals surface area contributed by atoms with Gasteiger partial charge in [0.1, 0.15) is 0 Å². The minimum atomic E-state index is 0.265. The van der Waals surface area contributed by atoms with Gasteiger partial charge in [-0.25, -0.2) is 4.68 Å². The van der Waals surface area contributed by atoms with Crippen LogP contribution in [-0.4, -0.2) is 90.9 Å². The number of carbonyl (C=O) groups excluding carboxylic acids is 1. The minimum absolute atomic E-state index is 0.265. The maximum absolute atomic E-state index is 11.9. The third-order valence-corrected chi connectivity index (χ3v) is 6.66. The molecule has 3 aliphatic rings. The molecule has 5 rings (SSSR count). The van der Waals surface area contributed by atoms with E-state index in [1.165, 1.54) is 0 Å². The number of ketones is 1. The van der Waals surface area contributed by atoms with Crippen LogP contribution in [-0.2, 0) is 11.2 Å². The topological polar surface area (TPSA) is 53.8 Å². The van der Waals surface area contributed by atoms with E-state index in [4.69, 9.17) is 9.84 Å². The van der Waals surface area contributed by atoms with E-state index >= 15 is 0 Å². The second-order valence-corrected chi connectivity index (χ2v) is 8.60. The number of carbonyl (C=O) groups is 1. The van der Waals surface area contributed by atoms with Crippen LogP contribution in [0.5, 0.6) is 0 Å². The van der Waals surface area contributed by atoms with Crippen molar-refractivity contribution in [2.24, 2.45) is 0 Å². The Labute approximate surface area is 178 Å². The summed E-state index contributed by atoms with van der Waals surface area (Å²) in [4.78, 5) is 19.4. The predicted molar refractivity (Wildman–Crippen MR) is 117 cm³/mol. The summed E-state index contributed by atoms with van der Waals surface area (Å²) >= 11 is 0. The molecule has 0 radical (unpaired) electrons. The monoisotopic (exact) mass is 409 g/mol. The van der Waals surface area contributed by atoms with Gasteiger partial charge in [0, 0.05) is 76.1 Å². The fourth-order valence-corrected chi connectivity index (χ4v) is 4.76. The third kappa shape index (κ3) is 4.02. The summed E-state index contributed by atoms with van der Waals surface area (Å²) in [5, 5.41) is 4.91. The Morgan fingerprint density at radius 2 is 1.67 bits per heavy atom. The number of benzene rings is 1. The quantitative estimate of drug-likeness (QED) is 0.750. The van der Waals surface area contributed by atoms with E-state index < -0.39 is 0 Å². The number of nitrogens with zero attached hydrogens (tertiary/aromatic N) is 5. The standard InChI is InChI=1S/C23H31N5O2/c1-18-16-23(24-28(18)20-3-4-21-19(17-20)2-5-22(21)29)27-10-8-25(9-11-27)6-7-26-12-14-30-15-13-26/h3-4,16-17H,2,5-15H2,1H3. The normalized spacial score (nSPS) is 20.7. The van der Waals surface area contributed by atoms with Gasteiger partial charge in [-0.2, -0.15) is 5.10 Å². The Morgan fingerprint density at radius 3 is 2.43 bits per heavy atom. The van der Waals surface area contributed by atoms with E-state index in [9.17, 15) is 4.79 Å². The van der Waals surface area contributed by atoms with Crippen LogP contribution in [0.2, 0.25) is 0 Å².